The number of carbonyl (C=O) groups is 2. The van der Waals surface area contributed by atoms with Gasteiger partial charge in [-0.15, -0.1) is 0 Å². The summed E-state index contributed by atoms with van der Waals surface area (Å²) in [4.78, 5) is 22.6. The minimum absolute atomic E-state index is 0.0675. The van der Waals surface area contributed by atoms with Crippen LogP contribution in [0.15, 0.2) is 0 Å². The van der Waals surface area contributed by atoms with E-state index in [-0.39, 0.29) is 38.6 Å². The highest BCUT2D eigenvalue weighted by molar-refractivity contribution is 5.82. The molecule has 1 atom stereocenters. The van der Waals surface area contributed by atoms with Gasteiger partial charge in [0, 0.05) is 24.9 Å². The van der Waals surface area contributed by atoms with Crippen molar-refractivity contribution in [3.63, 3.8) is 0 Å². The van der Waals surface area contributed by atoms with Crippen molar-refractivity contribution in [3.8, 4) is 0 Å². The summed E-state index contributed by atoms with van der Waals surface area (Å²) >= 11 is 0. The molecule has 18 heavy (non-hydrogen) atoms. The van der Waals surface area contributed by atoms with Crippen molar-refractivity contribution in [1.29, 1.82) is 0 Å². The third-order valence-electron chi connectivity index (χ3n) is 2.48. The minimum atomic E-state index is -1.33. The Morgan fingerprint density at radius 1 is 1.17 bits per heavy atom. The summed E-state index contributed by atoms with van der Waals surface area (Å²) in [5.74, 6) is -0.913. The normalized spacial score (nSPS) is 12.9. The lowest BCUT2D eigenvalue weighted by atomic mass is 9.87. The van der Waals surface area contributed by atoms with Crippen LogP contribution in [-0.4, -0.2) is 59.5 Å². The molecule has 106 valence electrons. The zero-order chi connectivity index (χ0) is 14.2. The topological polar surface area (TPSA) is 119 Å². The van der Waals surface area contributed by atoms with Gasteiger partial charge in [-0.25, -0.2) is 0 Å². The summed E-state index contributed by atoms with van der Waals surface area (Å²) in [5, 5.41) is 32.0. The average molecular weight is 262 g/mol. The molecule has 0 aromatic heterocycles. The van der Waals surface area contributed by atoms with Crippen molar-refractivity contribution in [1.82, 2.24) is 10.6 Å². The first-order valence-electron chi connectivity index (χ1n) is 5.79. The highest BCUT2D eigenvalue weighted by atomic mass is 16.3. The number of hydrogen-bond acceptors (Lipinski definition) is 5. The van der Waals surface area contributed by atoms with E-state index in [4.69, 9.17) is 10.2 Å². The van der Waals surface area contributed by atoms with Gasteiger partial charge < -0.3 is 26.0 Å². The van der Waals surface area contributed by atoms with Crippen LogP contribution in [-0.2, 0) is 9.59 Å². The van der Waals surface area contributed by atoms with Crippen molar-refractivity contribution in [2.75, 3.05) is 26.3 Å². The van der Waals surface area contributed by atoms with Gasteiger partial charge >= 0.3 is 0 Å². The van der Waals surface area contributed by atoms with Gasteiger partial charge in [-0.05, 0) is 0 Å². The van der Waals surface area contributed by atoms with Crippen LogP contribution in [0.1, 0.15) is 20.3 Å². The van der Waals surface area contributed by atoms with Crippen molar-refractivity contribution in [2.45, 2.75) is 26.4 Å². The summed E-state index contributed by atoms with van der Waals surface area (Å²) in [7, 11) is 0. The van der Waals surface area contributed by atoms with Crippen LogP contribution in [0.4, 0.5) is 0 Å². The summed E-state index contributed by atoms with van der Waals surface area (Å²) in [6.45, 7) is 2.93. The second-order valence-corrected chi connectivity index (χ2v) is 4.66. The Labute approximate surface area is 106 Å². The lowest BCUT2D eigenvalue weighted by Crippen LogP contribution is -2.46. The van der Waals surface area contributed by atoms with E-state index in [1.54, 1.807) is 13.8 Å². The highest BCUT2D eigenvalue weighted by Gasteiger charge is 2.32. The van der Waals surface area contributed by atoms with E-state index in [2.05, 4.69) is 10.6 Å². The Morgan fingerprint density at radius 2 is 1.78 bits per heavy atom. The van der Waals surface area contributed by atoms with Gasteiger partial charge in [0.25, 0.3) is 0 Å². The maximum Gasteiger partial charge on any atom is 0.249 e. The SMILES string of the molecule is CC(C)(CO)C(O)C(=O)NCCC(=O)NCCO. The van der Waals surface area contributed by atoms with E-state index in [9.17, 15) is 14.7 Å². The predicted molar refractivity (Wildman–Crippen MR) is 64.6 cm³/mol. The molecule has 0 radical (unpaired) electrons. The molecule has 0 bridgehead atoms. The number of hydrogen-bond donors (Lipinski definition) is 5. The smallest absolute Gasteiger partial charge is 0.249 e. The lowest BCUT2D eigenvalue weighted by molar-refractivity contribution is -0.137. The van der Waals surface area contributed by atoms with Crippen molar-refractivity contribution in [2.24, 2.45) is 5.41 Å². The van der Waals surface area contributed by atoms with Gasteiger partial charge in [0.15, 0.2) is 0 Å². The molecule has 0 rings (SSSR count). The Morgan fingerprint density at radius 3 is 2.28 bits per heavy atom. The van der Waals surface area contributed by atoms with Gasteiger partial charge in [-0.1, -0.05) is 13.8 Å². The molecule has 0 saturated heterocycles. The van der Waals surface area contributed by atoms with Crippen LogP contribution in [0, 0.1) is 5.41 Å². The Kier molecular flexibility index (Phi) is 7.49. The van der Waals surface area contributed by atoms with Gasteiger partial charge in [0.05, 0.1) is 13.2 Å². The molecule has 0 fully saturated rings. The number of carbonyl (C=O) groups excluding carboxylic acids is 2. The third kappa shape index (κ3) is 5.95. The third-order valence-corrected chi connectivity index (χ3v) is 2.48. The molecule has 0 aromatic carbocycles. The number of rotatable bonds is 8. The van der Waals surface area contributed by atoms with Crippen molar-refractivity contribution in [3.05, 3.63) is 0 Å². The fourth-order valence-electron chi connectivity index (χ4n) is 1.12. The average Bonchev–Trinajstić information content (AvgIpc) is 2.35. The standard InChI is InChI=1S/C11H22N2O5/c1-11(2,7-15)9(17)10(18)13-4-3-8(16)12-5-6-14/h9,14-15,17H,3-7H2,1-2H3,(H,12,16)(H,13,18). The van der Waals surface area contributed by atoms with E-state index < -0.39 is 17.4 Å². The first-order valence-corrected chi connectivity index (χ1v) is 5.79. The molecule has 7 heteroatoms. The molecule has 0 aliphatic rings. The molecular weight excluding hydrogens is 240 g/mol. The van der Waals surface area contributed by atoms with E-state index in [1.807, 2.05) is 0 Å². The first kappa shape index (κ1) is 16.8. The van der Waals surface area contributed by atoms with Crippen molar-refractivity contribution < 1.29 is 24.9 Å². The molecule has 7 nitrogen and oxygen atoms in total. The zero-order valence-electron chi connectivity index (χ0n) is 10.8. The maximum absolute atomic E-state index is 11.5. The first-order chi connectivity index (χ1) is 8.35. The fourth-order valence-corrected chi connectivity index (χ4v) is 1.12. The molecule has 0 saturated carbocycles. The minimum Gasteiger partial charge on any atom is -0.396 e. The number of aliphatic hydroxyl groups is 3. The summed E-state index contributed by atoms with van der Waals surface area (Å²) < 4.78 is 0. The van der Waals surface area contributed by atoms with Crippen LogP contribution >= 0.6 is 0 Å². The monoisotopic (exact) mass is 262 g/mol. The molecule has 0 aromatic rings. The largest absolute Gasteiger partial charge is 0.396 e. The van der Waals surface area contributed by atoms with Crippen LogP contribution in [0.25, 0.3) is 0 Å². The van der Waals surface area contributed by atoms with Crippen LogP contribution in [0.5, 0.6) is 0 Å². The summed E-state index contributed by atoms with van der Waals surface area (Å²) in [6.07, 6.45) is -1.26. The zero-order valence-corrected chi connectivity index (χ0v) is 10.8. The van der Waals surface area contributed by atoms with E-state index in [0.717, 1.165) is 0 Å². The predicted octanol–water partition coefficient (Wildman–Crippen LogP) is -2.02. The van der Waals surface area contributed by atoms with Gasteiger partial charge in [0.1, 0.15) is 6.10 Å². The Bertz CT molecular complexity index is 281. The second-order valence-electron chi connectivity index (χ2n) is 4.66. The fraction of sp³-hybridized carbons (Fsp3) is 0.818. The lowest BCUT2D eigenvalue weighted by Gasteiger charge is -2.27. The molecule has 0 aliphatic heterocycles. The molecule has 2 amide bonds. The molecule has 0 spiro atoms. The van der Waals surface area contributed by atoms with Crippen LogP contribution < -0.4 is 10.6 Å². The van der Waals surface area contributed by atoms with Crippen LogP contribution in [0.2, 0.25) is 0 Å². The van der Waals surface area contributed by atoms with Crippen molar-refractivity contribution >= 4 is 11.8 Å². The Balaban J connectivity index is 3.94. The van der Waals surface area contributed by atoms with Crippen LogP contribution in [0.3, 0.4) is 0 Å². The van der Waals surface area contributed by atoms with E-state index in [0.29, 0.717) is 0 Å². The molecular formula is C11H22N2O5. The number of aliphatic hydroxyl groups excluding tert-OH is 3. The molecule has 5 N–H and O–H groups in total. The summed E-state index contributed by atoms with van der Waals surface area (Å²) in [6, 6.07) is 0. The number of amides is 2. The molecule has 1 unspecified atom stereocenters. The van der Waals surface area contributed by atoms with Gasteiger partial charge in [-0.3, -0.25) is 9.59 Å². The highest BCUT2D eigenvalue weighted by Crippen LogP contribution is 2.19. The summed E-state index contributed by atoms with van der Waals surface area (Å²) in [5.41, 5.74) is -0.927. The number of nitrogens with one attached hydrogen (secondary N) is 2. The Hall–Kier alpha value is -1.18. The van der Waals surface area contributed by atoms with E-state index in [1.165, 1.54) is 0 Å². The molecule has 0 heterocycles. The van der Waals surface area contributed by atoms with Gasteiger partial charge in [0.2, 0.25) is 11.8 Å². The molecule has 0 aliphatic carbocycles. The quantitative estimate of drug-likeness (QED) is 0.346. The maximum atomic E-state index is 11.5. The van der Waals surface area contributed by atoms with Gasteiger partial charge in [-0.2, -0.15) is 0 Å². The second kappa shape index (κ2) is 8.02. The van der Waals surface area contributed by atoms with E-state index >= 15 is 0 Å².